The van der Waals surface area contributed by atoms with Gasteiger partial charge in [-0.3, -0.25) is 9.58 Å². The fraction of sp³-hybridized carbons (Fsp3) is 0.350. The van der Waals surface area contributed by atoms with E-state index in [9.17, 15) is 0 Å². The quantitative estimate of drug-likeness (QED) is 0.719. The summed E-state index contributed by atoms with van der Waals surface area (Å²) in [4.78, 5) is 2.47. The van der Waals surface area contributed by atoms with Crippen LogP contribution in [0.4, 0.5) is 0 Å². The molecule has 1 aliphatic heterocycles. The number of rotatable bonds is 4. The molecule has 0 bridgehead atoms. The molecule has 3 heterocycles. The first kappa shape index (κ1) is 15.2. The van der Waals surface area contributed by atoms with Crippen molar-refractivity contribution >= 4 is 0 Å². The van der Waals surface area contributed by atoms with Gasteiger partial charge in [0, 0.05) is 18.7 Å². The van der Waals surface area contributed by atoms with Crippen molar-refractivity contribution in [3.63, 3.8) is 0 Å². The Balaban J connectivity index is 1.48. The van der Waals surface area contributed by atoms with Crippen molar-refractivity contribution in [2.45, 2.75) is 32.4 Å². The molecule has 0 saturated carbocycles. The van der Waals surface area contributed by atoms with Crippen molar-refractivity contribution in [2.24, 2.45) is 0 Å². The van der Waals surface area contributed by atoms with Crippen molar-refractivity contribution in [3.8, 4) is 11.3 Å². The predicted octanol–water partition coefficient (Wildman–Crippen LogP) is 4.29. The number of nitrogens with zero attached hydrogens (tertiary/aromatic N) is 3. The molecular weight excluding hydrogens is 298 g/mol. The molecule has 0 aliphatic carbocycles. The first-order valence-corrected chi connectivity index (χ1v) is 8.65. The van der Waals surface area contributed by atoms with Crippen LogP contribution in [0.15, 0.2) is 59.3 Å². The van der Waals surface area contributed by atoms with E-state index in [2.05, 4.69) is 52.9 Å². The predicted molar refractivity (Wildman–Crippen MR) is 94.7 cm³/mol. The lowest BCUT2D eigenvalue weighted by molar-refractivity contribution is 0.164. The second kappa shape index (κ2) is 6.65. The van der Waals surface area contributed by atoms with Crippen LogP contribution in [0.25, 0.3) is 11.3 Å². The summed E-state index contributed by atoms with van der Waals surface area (Å²) in [5.41, 5.74) is 3.77. The van der Waals surface area contributed by atoms with Crippen molar-refractivity contribution in [1.82, 2.24) is 14.7 Å². The molecule has 2 aromatic heterocycles. The van der Waals surface area contributed by atoms with Gasteiger partial charge in [0.15, 0.2) is 0 Å². The monoisotopic (exact) mass is 321 g/mol. The van der Waals surface area contributed by atoms with Crippen LogP contribution < -0.4 is 0 Å². The van der Waals surface area contributed by atoms with E-state index in [-0.39, 0.29) is 0 Å². The van der Waals surface area contributed by atoms with Gasteiger partial charge in [-0.2, -0.15) is 5.10 Å². The third kappa shape index (κ3) is 3.02. The summed E-state index contributed by atoms with van der Waals surface area (Å²) < 4.78 is 7.71. The first-order valence-electron chi connectivity index (χ1n) is 8.65. The van der Waals surface area contributed by atoms with Gasteiger partial charge in [0.25, 0.3) is 0 Å². The molecule has 0 radical (unpaired) electrons. The summed E-state index contributed by atoms with van der Waals surface area (Å²) in [6, 6.07) is 15.1. The molecule has 1 aliphatic rings. The van der Waals surface area contributed by atoms with Gasteiger partial charge in [-0.25, -0.2) is 0 Å². The second-order valence-corrected chi connectivity index (χ2v) is 6.57. The van der Waals surface area contributed by atoms with Gasteiger partial charge in [0.2, 0.25) is 0 Å². The Kier molecular flexibility index (Phi) is 4.22. The molecular formula is C20H23N3O. The van der Waals surface area contributed by atoms with Crippen LogP contribution in [-0.2, 0) is 6.54 Å². The number of aromatic nitrogens is 2. The van der Waals surface area contributed by atoms with Crippen molar-refractivity contribution in [1.29, 1.82) is 0 Å². The van der Waals surface area contributed by atoms with Crippen molar-refractivity contribution < 1.29 is 4.42 Å². The molecule has 1 fully saturated rings. The highest BCUT2D eigenvalue weighted by atomic mass is 16.3. The van der Waals surface area contributed by atoms with E-state index in [0.717, 1.165) is 38.2 Å². The van der Waals surface area contributed by atoms with Crippen LogP contribution >= 0.6 is 0 Å². The lowest BCUT2D eigenvalue weighted by Crippen LogP contribution is -2.34. The minimum absolute atomic E-state index is 0.474. The maximum absolute atomic E-state index is 5.47. The zero-order valence-electron chi connectivity index (χ0n) is 14.1. The summed E-state index contributed by atoms with van der Waals surface area (Å²) in [5, 5.41) is 4.70. The fourth-order valence-electron chi connectivity index (χ4n) is 3.63. The Hall–Kier alpha value is -2.33. The molecule has 0 N–H and O–H groups in total. The zero-order chi connectivity index (χ0) is 16.4. The highest BCUT2D eigenvalue weighted by molar-refractivity contribution is 5.63. The van der Waals surface area contributed by atoms with E-state index >= 15 is 0 Å². The topological polar surface area (TPSA) is 34.2 Å². The number of likely N-dealkylation sites (tertiary alicyclic amines) is 1. The largest absolute Gasteiger partial charge is 0.468 e. The van der Waals surface area contributed by atoms with Gasteiger partial charge >= 0.3 is 0 Å². The smallest absolute Gasteiger partial charge is 0.117 e. The first-order chi connectivity index (χ1) is 11.8. The van der Waals surface area contributed by atoms with Gasteiger partial charge in [0.1, 0.15) is 5.76 Å². The highest BCUT2D eigenvalue weighted by Gasteiger charge is 2.24. The van der Waals surface area contributed by atoms with Crippen molar-refractivity contribution in [2.75, 3.05) is 13.1 Å². The fourth-order valence-corrected chi connectivity index (χ4v) is 3.63. The number of hydrogen-bond donors (Lipinski definition) is 0. The van der Waals surface area contributed by atoms with Gasteiger partial charge in [0.05, 0.1) is 30.7 Å². The van der Waals surface area contributed by atoms with E-state index in [1.807, 2.05) is 12.3 Å². The maximum Gasteiger partial charge on any atom is 0.117 e. The molecule has 1 saturated heterocycles. The molecule has 0 atom stereocenters. The lowest BCUT2D eigenvalue weighted by atomic mass is 10.0. The number of piperidine rings is 1. The molecule has 4 rings (SSSR count). The average Bonchev–Trinajstić information content (AvgIpc) is 3.26. The summed E-state index contributed by atoms with van der Waals surface area (Å²) in [6.45, 7) is 5.22. The summed E-state index contributed by atoms with van der Waals surface area (Å²) in [7, 11) is 0. The Labute approximate surface area is 142 Å². The maximum atomic E-state index is 5.47. The highest BCUT2D eigenvalue weighted by Crippen LogP contribution is 2.31. The molecule has 0 amide bonds. The molecule has 1 aromatic carbocycles. The van der Waals surface area contributed by atoms with Crippen molar-refractivity contribution in [3.05, 3.63) is 66.2 Å². The lowest BCUT2D eigenvalue weighted by Gasteiger charge is -2.32. The van der Waals surface area contributed by atoms with Crippen LogP contribution in [0.1, 0.15) is 30.2 Å². The minimum atomic E-state index is 0.474. The SMILES string of the molecule is Cc1cnn(C2CCN(Cc3ccco3)CC2)c1-c1ccccc1. The number of aryl methyl sites for hydroxylation is 1. The third-order valence-corrected chi connectivity index (χ3v) is 4.89. The molecule has 4 nitrogen and oxygen atoms in total. The van der Waals surface area contributed by atoms with Gasteiger partial charge < -0.3 is 4.42 Å². The molecule has 0 spiro atoms. The Morgan fingerprint density at radius 1 is 1.08 bits per heavy atom. The third-order valence-electron chi connectivity index (χ3n) is 4.89. The number of hydrogen-bond acceptors (Lipinski definition) is 3. The Bertz CT molecular complexity index is 769. The number of furan rings is 1. The standard InChI is InChI=1S/C20H23N3O/c1-16-14-21-23(20(16)17-6-3-2-4-7-17)18-9-11-22(12-10-18)15-19-8-5-13-24-19/h2-8,13-14,18H,9-12,15H2,1H3. The average molecular weight is 321 g/mol. The van der Waals surface area contributed by atoms with E-state index in [0.29, 0.717) is 6.04 Å². The molecule has 124 valence electrons. The van der Waals surface area contributed by atoms with Crippen LogP contribution in [0.3, 0.4) is 0 Å². The molecule has 4 heteroatoms. The van der Waals surface area contributed by atoms with Gasteiger partial charge in [-0.1, -0.05) is 30.3 Å². The van der Waals surface area contributed by atoms with Crippen LogP contribution in [-0.4, -0.2) is 27.8 Å². The van der Waals surface area contributed by atoms with E-state index < -0.39 is 0 Å². The van der Waals surface area contributed by atoms with Crippen LogP contribution in [0.2, 0.25) is 0 Å². The molecule has 3 aromatic rings. The summed E-state index contributed by atoms with van der Waals surface area (Å²) in [6.07, 6.45) is 6.00. The Morgan fingerprint density at radius 3 is 2.58 bits per heavy atom. The summed E-state index contributed by atoms with van der Waals surface area (Å²) in [5.74, 6) is 1.05. The van der Waals surface area contributed by atoms with E-state index in [1.165, 1.54) is 16.8 Å². The molecule has 24 heavy (non-hydrogen) atoms. The van der Waals surface area contributed by atoms with Crippen LogP contribution in [0, 0.1) is 6.92 Å². The van der Waals surface area contributed by atoms with E-state index in [4.69, 9.17) is 9.52 Å². The Morgan fingerprint density at radius 2 is 1.88 bits per heavy atom. The second-order valence-electron chi connectivity index (χ2n) is 6.57. The van der Waals surface area contributed by atoms with E-state index in [1.54, 1.807) is 6.26 Å². The number of benzene rings is 1. The zero-order valence-corrected chi connectivity index (χ0v) is 14.1. The summed E-state index contributed by atoms with van der Waals surface area (Å²) >= 11 is 0. The van der Waals surface area contributed by atoms with Gasteiger partial charge in [-0.15, -0.1) is 0 Å². The van der Waals surface area contributed by atoms with Crippen LogP contribution in [0.5, 0.6) is 0 Å². The van der Waals surface area contributed by atoms with Gasteiger partial charge in [-0.05, 0) is 37.5 Å². The normalized spacial score (nSPS) is 16.5. The molecule has 0 unspecified atom stereocenters. The minimum Gasteiger partial charge on any atom is -0.468 e.